The summed E-state index contributed by atoms with van der Waals surface area (Å²) in [5, 5.41) is 0. The molecule has 196 valence electrons. The van der Waals surface area contributed by atoms with E-state index in [0.29, 0.717) is 59.5 Å². The van der Waals surface area contributed by atoms with Gasteiger partial charge in [0.1, 0.15) is 5.82 Å². The van der Waals surface area contributed by atoms with Gasteiger partial charge in [-0.15, -0.1) is 0 Å². The summed E-state index contributed by atoms with van der Waals surface area (Å²) in [5.41, 5.74) is 2.59. The number of anilines is 2. The summed E-state index contributed by atoms with van der Waals surface area (Å²) in [7, 11) is 4.86. The molecule has 2 heterocycles. The van der Waals surface area contributed by atoms with Crippen LogP contribution in [0.15, 0.2) is 70.5 Å². The van der Waals surface area contributed by atoms with Crippen LogP contribution in [0.25, 0.3) is 6.08 Å². The van der Waals surface area contributed by atoms with Crippen molar-refractivity contribution in [3.63, 3.8) is 0 Å². The number of carbonyl (C=O) groups is 2. The molecule has 0 aliphatic carbocycles. The van der Waals surface area contributed by atoms with Gasteiger partial charge in [0, 0.05) is 43.7 Å². The van der Waals surface area contributed by atoms with E-state index in [4.69, 9.17) is 9.47 Å². The summed E-state index contributed by atoms with van der Waals surface area (Å²) in [4.78, 5) is 33.3. The predicted molar refractivity (Wildman–Crippen MR) is 148 cm³/mol. The van der Waals surface area contributed by atoms with Gasteiger partial charge in [-0.3, -0.25) is 9.59 Å². The van der Waals surface area contributed by atoms with Crippen molar-refractivity contribution in [2.24, 2.45) is 0 Å². The zero-order valence-corrected chi connectivity index (χ0v) is 22.3. The number of piperazine rings is 1. The molecule has 5 rings (SSSR count). The molecule has 0 bridgehead atoms. The number of hydrogen-bond acceptors (Lipinski definition) is 6. The van der Waals surface area contributed by atoms with Crippen LogP contribution in [0.5, 0.6) is 11.5 Å². The lowest BCUT2D eigenvalue weighted by Crippen LogP contribution is -2.49. The number of nitrogens with zero attached hydrogens (tertiary/aromatic N) is 3. The molecule has 2 aliphatic rings. The van der Waals surface area contributed by atoms with Gasteiger partial charge in [0.2, 0.25) is 0 Å². The maximum Gasteiger partial charge on any atom is 0.264 e. The first-order valence-corrected chi connectivity index (χ1v) is 13.0. The number of rotatable bonds is 5. The van der Waals surface area contributed by atoms with E-state index in [1.54, 1.807) is 61.4 Å². The average Bonchev–Trinajstić information content (AvgIpc) is 2.95. The molecule has 9 heteroatoms. The monoisotopic (exact) mass is 533 g/mol. The second-order valence-electron chi connectivity index (χ2n) is 9.00. The molecule has 3 aromatic carbocycles. The van der Waals surface area contributed by atoms with E-state index in [9.17, 15) is 14.0 Å². The van der Waals surface area contributed by atoms with Gasteiger partial charge in [-0.2, -0.15) is 0 Å². The quantitative estimate of drug-likeness (QED) is 0.434. The Morgan fingerprint density at radius 1 is 0.921 bits per heavy atom. The number of fused-ring (bicyclic) bond motifs is 1. The van der Waals surface area contributed by atoms with Gasteiger partial charge in [0.25, 0.3) is 11.8 Å². The highest BCUT2D eigenvalue weighted by Gasteiger charge is 2.29. The first-order valence-electron chi connectivity index (χ1n) is 12.2. The second kappa shape index (κ2) is 10.8. The summed E-state index contributed by atoms with van der Waals surface area (Å²) < 4.78 is 24.8. The van der Waals surface area contributed by atoms with Crippen molar-refractivity contribution in [3.05, 3.63) is 82.5 Å². The molecule has 0 aromatic heterocycles. The Balaban J connectivity index is 1.32. The van der Waals surface area contributed by atoms with Crippen LogP contribution in [0.1, 0.15) is 15.9 Å². The van der Waals surface area contributed by atoms with Crippen LogP contribution in [-0.4, -0.2) is 64.2 Å². The molecule has 0 atom stereocenters. The minimum absolute atomic E-state index is 0.0986. The molecule has 0 saturated carbocycles. The molecule has 0 spiro atoms. The first-order chi connectivity index (χ1) is 18.4. The zero-order valence-electron chi connectivity index (χ0n) is 21.4. The molecule has 0 radical (unpaired) electrons. The largest absolute Gasteiger partial charge is 0.493 e. The van der Waals surface area contributed by atoms with Crippen molar-refractivity contribution in [3.8, 4) is 11.5 Å². The smallest absolute Gasteiger partial charge is 0.264 e. The maximum atomic E-state index is 14.2. The van der Waals surface area contributed by atoms with Crippen molar-refractivity contribution in [1.82, 2.24) is 4.90 Å². The van der Waals surface area contributed by atoms with Crippen LogP contribution in [0.2, 0.25) is 0 Å². The van der Waals surface area contributed by atoms with E-state index in [-0.39, 0.29) is 17.6 Å². The third-order valence-corrected chi connectivity index (χ3v) is 7.85. The molecule has 1 fully saturated rings. The highest BCUT2D eigenvalue weighted by molar-refractivity contribution is 8.04. The van der Waals surface area contributed by atoms with Crippen molar-refractivity contribution < 1.29 is 23.5 Å². The molecule has 1 saturated heterocycles. The topological polar surface area (TPSA) is 62.3 Å². The van der Waals surface area contributed by atoms with Crippen LogP contribution < -0.4 is 19.3 Å². The fourth-order valence-electron chi connectivity index (χ4n) is 4.66. The zero-order chi connectivity index (χ0) is 26.8. The Morgan fingerprint density at radius 2 is 1.66 bits per heavy atom. The van der Waals surface area contributed by atoms with Crippen molar-refractivity contribution in [2.45, 2.75) is 4.90 Å². The number of benzene rings is 3. The Hall–Kier alpha value is -3.98. The van der Waals surface area contributed by atoms with E-state index in [0.717, 1.165) is 10.5 Å². The summed E-state index contributed by atoms with van der Waals surface area (Å²) in [6.07, 6.45) is 1.82. The lowest BCUT2D eigenvalue weighted by molar-refractivity contribution is -0.114. The highest BCUT2D eigenvalue weighted by Crippen LogP contribution is 2.42. The maximum absolute atomic E-state index is 14.2. The van der Waals surface area contributed by atoms with Gasteiger partial charge in [0.15, 0.2) is 11.5 Å². The molecule has 2 aliphatic heterocycles. The van der Waals surface area contributed by atoms with Gasteiger partial charge in [-0.1, -0.05) is 30.0 Å². The van der Waals surface area contributed by atoms with Crippen molar-refractivity contribution in [1.29, 1.82) is 0 Å². The minimum atomic E-state index is -0.258. The minimum Gasteiger partial charge on any atom is -0.493 e. The highest BCUT2D eigenvalue weighted by atomic mass is 32.2. The molecular weight excluding hydrogens is 505 g/mol. The number of hydrogen-bond donors (Lipinski definition) is 0. The van der Waals surface area contributed by atoms with Crippen LogP contribution in [0.3, 0.4) is 0 Å². The predicted octanol–water partition coefficient (Wildman–Crippen LogP) is 4.91. The third kappa shape index (κ3) is 4.93. The van der Waals surface area contributed by atoms with Gasteiger partial charge >= 0.3 is 0 Å². The van der Waals surface area contributed by atoms with E-state index in [1.807, 2.05) is 35.2 Å². The molecule has 7 nitrogen and oxygen atoms in total. The molecule has 3 aromatic rings. The van der Waals surface area contributed by atoms with Crippen LogP contribution in [0, 0.1) is 5.82 Å². The number of carbonyl (C=O) groups excluding carboxylic acids is 2. The van der Waals surface area contributed by atoms with Crippen LogP contribution in [-0.2, 0) is 4.79 Å². The lowest BCUT2D eigenvalue weighted by atomic mass is 10.1. The van der Waals surface area contributed by atoms with Crippen molar-refractivity contribution in [2.75, 3.05) is 57.2 Å². The van der Waals surface area contributed by atoms with Crippen molar-refractivity contribution >= 4 is 41.0 Å². The van der Waals surface area contributed by atoms with Crippen LogP contribution in [0.4, 0.5) is 15.8 Å². The summed E-state index contributed by atoms with van der Waals surface area (Å²) >= 11 is 1.37. The fraction of sp³-hybridized carbons (Fsp3) is 0.241. The molecular formula is C29H28FN3O4S. The standard InChI is InChI=1S/C29H28FN3O4S/c1-31-23-18-20(28(34)33-14-12-32(13-15-33)22-7-5-4-6-21(22)30)9-11-26(23)38-27(29(31)35)17-19-8-10-24(36-2)25(16-19)37-3/h4-11,16-18H,12-15H2,1-3H3/b27-17-. The van der Waals surface area contributed by atoms with Gasteiger partial charge in [-0.25, -0.2) is 4.39 Å². The Morgan fingerprint density at radius 3 is 2.37 bits per heavy atom. The van der Waals surface area contributed by atoms with E-state index in [1.165, 1.54) is 17.8 Å². The number of thioether (sulfide) groups is 1. The first kappa shape index (κ1) is 25.7. The number of methoxy groups -OCH3 is 2. The number of ether oxygens (including phenoxy) is 2. The molecule has 0 N–H and O–H groups in total. The fourth-order valence-corrected chi connectivity index (χ4v) is 5.75. The molecule has 0 unspecified atom stereocenters. The molecule has 38 heavy (non-hydrogen) atoms. The van der Waals surface area contributed by atoms with E-state index < -0.39 is 0 Å². The summed E-state index contributed by atoms with van der Waals surface area (Å²) in [6.45, 7) is 2.09. The molecule has 2 amide bonds. The normalized spacial score (nSPS) is 16.5. The van der Waals surface area contributed by atoms with Gasteiger partial charge in [-0.05, 0) is 54.1 Å². The summed E-state index contributed by atoms with van der Waals surface area (Å²) in [6, 6.07) is 17.6. The van der Waals surface area contributed by atoms with Crippen LogP contribution >= 0.6 is 11.8 Å². The Kier molecular flexibility index (Phi) is 7.28. The van der Waals surface area contributed by atoms with E-state index in [2.05, 4.69) is 0 Å². The SMILES string of the molecule is COc1ccc(/C=C2\Sc3ccc(C(=O)N4CCN(c5ccccc5F)CC4)cc3N(C)C2=O)cc1OC. The number of likely N-dealkylation sites (N-methyl/N-ethyl adjacent to an activating group) is 1. The van der Waals surface area contributed by atoms with E-state index >= 15 is 0 Å². The number of halogens is 1. The number of amides is 2. The lowest BCUT2D eigenvalue weighted by Gasteiger charge is -2.36. The number of para-hydroxylation sites is 1. The third-order valence-electron chi connectivity index (χ3n) is 6.77. The second-order valence-corrected chi connectivity index (χ2v) is 10.1. The Labute approximate surface area is 225 Å². The van der Waals surface area contributed by atoms with Gasteiger partial charge in [0.05, 0.1) is 30.5 Å². The van der Waals surface area contributed by atoms with Gasteiger partial charge < -0.3 is 24.2 Å². The average molecular weight is 534 g/mol. The summed E-state index contributed by atoms with van der Waals surface area (Å²) in [5.74, 6) is 0.693. The Bertz CT molecular complexity index is 1420.